The van der Waals surface area contributed by atoms with Crippen LogP contribution in [-0.2, 0) is 0 Å². The van der Waals surface area contributed by atoms with Crippen molar-refractivity contribution >= 4 is 23.2 Å². The Bertz CT molecular complexity index is 828. The molecule has 0 aliphatic heterocycles. The fourth-order valence-electron chi connectivity index (χ4n) is 1.97. The number of hydrogen-bond acceptors (Lipinski definition) is 4. The molecule has 2 N–H and O–H groups in total. The first-order valence-electron chi connectivity index (χ1n) is 6.84. The number of halogens is 1. The molecule has 0 saturated heterocycles. The second kappa shape index (κ2) is 6.53. The molecule has 114 valence electrons. The number of aromatic nitrogens is 4. The molecule has 0 bridgehead atoms. The van der Waals surface area contributed by atoms with Gasteiger partial charge >= 0.3 is 0 Å². The lowest BCUT2D eigenvalue weighted by Crippen LogP contribution is -2.11. The van der Waals surface area contributed by atoms with Gasteiger partial charge in [-0.3, -0.25) is 4.79 Å². The molecule has 0 aromatic carbocycles. The molecule has 0 aliphatic rings. The molecule has 0 spiro atoms. The third-order valence-electron chi connectivity index (χ3n) is 2.89. The zero-order valence-corrected chi connectivity index (χ0v) is 13.3. The summed E-state index contributed by atoms with van der Waals surface area (Å²) in [6.07, 6.45) is 1.41. The number of amides is 1. The predicted molar refractivity (Wildman–Crippen MR) is 85.8 cm³/mol. The first-order valence-corrected chi connectivity index (χ1v) is 7.22. The SMILES string of the molecule is CC.Cc1cc(-c2cccc(Cl)n2)nc2c(C(N)=O)cnn12. The Kier molecular flexibility index (Phi) is 4.72. The van der Waals surface area contributed by atoms with Gasteiger partial charge in [0.25, 0.3) is 5.91 Å². The van der Waals surface area contributed by atoms with Gasteiger partial charge in [-0.05, 0) is 25.1 Å². The fraction of sp³-hybridized carbons (Fsp3) is 0.200. The summed E-state index contributed by atoms with van der Waals surface area (Å²) in [5.41, 5.74) is 8.06. The van der Waals surface area contributed by atoms with Crippen molar-refractivity contribution in [3.63, 3.8) is 0 Å². The summed E-state index contributed by atoms with van der Waals surface area (Å²) in [5, 5.41) is 4.48. The van der Waals surface area contributed by atoms with Gasteiger partial charge in [-0.15, -0.1) is 0 Å². The van der Waals surface area contributed by atoms with Crippen LogP contribution < -0.4 is 5.73 Å². The topological polar surface area (TPSA) is 86.2 Å². The maximum atomic E-state index is 11.4. The molecule has 3 aromatic heterocycles. The van der Waals surface area contributed by atoms with Gasteiger partial charge < -0.3 is 5.73 Å². The highest BCUT2D eigenvalue weighted by molar-refractivity contribution is 6.29. The number of hydrogen-bond donors (Lipinski definition) is 1. The van der Waals surface area contributed by atoms with Crippen molar-refractivity contribution in [1.29, 1.82) is 0 Å². The molecule has 3 rings (SSSR count). The summed E-state index contributed by atoms with van der Waals surface area (Å²) >= 11 is 5.88. The van der Waals surface area contributed by atoms with E-state index < -0.39 is 5.91 Å². The van der Waals surface area contributed by atoms with E-state index in [-0.39, 0.29) is 5.56 Å². The Hall–Kier alpha value is -2.47. The van der Waals surface area contributed by atoms with Crippen molar-refractivity contribution in [1.82, 2.24) is 19.6 Å². The Labute approximate surface area is 133 Å². The number of pyridine rings is 1. The number of carbonyl (C=O) groups excluding carboxylic acids is 1. The van der Waals surface area contributed by atoms with E-state index in [4.69, 9.17) is 17.3 Å². The minimum absolute atomic E-state index is 0.275. The van der Waals surface area contributed by atoms with Gasteiger partial charge in [-0.25, -0.2) is 14.5 Å². The van der Waals surface area contributed by atoms with Crippen molar-refractivity contribution in [2.75, 3.05) is 0 Å². The number of carbonyl (C=O) groups is 1. The number of rotatable bonds is 2. The average Bonchev–Trinajstić information content (AvgIpc) is 2.94. The number of primary amides is 1. The van der Waals surface area contributed by atoms with E-state index in [9.17, 15) is 4.79 Å². The lowest BCUT2D eigenvalue weighted by molar-refractivity contribution is 0.100. The monoisotopic (exact) mass is 317 g/mol. The molecule has 3 aromatic rings. The Morgan fingerprint density at radius 3 is 2.59 bits per heavy atom. The molecular weight excluding hydrogens is 302 g/mol. The van der Waals surface area contributed by atoms with Crippen LogP contribution in [0.15, 0.2) is 30.5 Å². The summed E-state index contributed by atoms with van der Waals surface area (Å²) in [7, 11) is 0. The minimum atomic E-state index is -0.567. The fourth-order valence-corrected chi connectivity index (χ4v) is 2.13. The summed E-state index contributed by atoms with van der Waals surface area (Å²) in [5.74, 6) is -0.567. The van der Waals surface area contributed by atoms with Gasteiger partial charge in [0.2, 0.25) is 0 Å². The lowest BCUT2D eigenvalue weighted by atomic mass is 10.2. The van der Waals surface area contributed by atoms with E-state index in [1.807, 2.05) is 26.8 Å². The molecule has 3 heterocycles. The van der Waals surface area contributed by atoms with Crippen molar-refractivity contribution < 1.29 is 4.79 Å². The van der Waals surface area contributed by atoms with Crippen molar-refractivity contribution in [2.45, 2.75) is 20.8 Å². The van der Waals surface area contributed by atoms with Crippen molar-refractivity contribution in [3.8, 4) is 11.4 Å². The Morgan fingerprint density at radius 2 is 1.95 bits per heavy atom. The average molecular weight is 318 g/mol. The normalized spacial score (nSPS) is 10.2. The van der Waals surface area contributed by atoms with Gasteiger partial charge in [0, 0.05) is 5.69 Å². The van der Waals surface area contributed by atoms with Crippen LogP contribution in [0.5, 0.6) is 0 Å². The third kappa shape index (κ3) is 2.92. The van der Waals surface area contributed by atoms with E-state index in [1.54, 1.807) is 22.7 Å². The van der Waals surface area contributed by atoms with Crippen LogP contribution in [-0.4, -0.2) is 25.5 Å². The van der Waals surface area contributed by atoms with Gasteiger partial charge in [-0.1, -0.05) is 31.5 Å². The largest absolute Gasteiger partial charge is 0.365 e. The van der Waals surface area contributed by atoms with Crippen LogP contribution in [0.1, 0.15) is 29.9 Å². The molecule has 0 radical (unpaired) electrons. The third-order valence-corrected chi connectivity index (χ3v) is 3.10. The first kappa shape index (κ1) is 15.9. The molecule has 0 atom stereocenters. The number of nitrogens with zero attached hydrogens (tertiary/aromatic N) is 4. The summed E-state index contributed by atoms with van der Waals surface area (Å²) in [4.78, 5) is 20.0. The zero-order valence-electron chi connectivity index (χ0n) is 12.5. The van der Waals surface area contributed by atoms with Crippen molar-refractivity contribution in [3.05, 3.63) is 46.9 Å². The van der Waals surface area contributed by atoms with E-state index in [2.05, 4.69) is 15.1 Å². The van der Waals surface area contributed by atoms with Crippen LogP contribution in [0, 0.1) is 6.92 Å². The van der Waals surface area contributed by atoms with Gasteiger partial charge in [0.15, 0.2) is 5.65 Å². The molecule has 0 fully saturated rings. The second-order valence-electron chi connectivity index (χ2n) is 4.29. The second-order valence-corrected chi connectivity index (χ2v) is 4.67. The van der Waals surface area contributed by atoms with E-state index in [1.165, 1.54) is 6.20 Å². The maximum Gasteiger partial charge on any atom is 0.254 e. The molecule has 7 heteroatoms. The van der Waals surface area contributed by atoms with Crippen LogP contribution in [0.4, 0.5) is 0 Å². The standard InChI is InChI=1S/C13H10ClN5O.C2H6/c1-7-5-10(9-3-2-4-11(14)17-9)18-13-8(12(15)20)6-16-19(7)13;1-2/h2-6H,1H3,(H2,15,20);1-2H3. The predicted octanol–water partition coefficient (Wildman–Crippen LogP) is 2.88. The lowest BCUT2D eigenvalue weighted by Gasteiger charge is -2.05. The van der Waals surface area contributed by atoms with Crippen molar-refractivity contribution in [2.24, 2.45) is 5.73 Å². The molecule has 22 heavy (non-hydrogen) atoms. The quantitative estimate of drug-likeness (QED) is 0.736. The Balaban J connectivity index is 0.000000847. The number of fused-ring (bicyclic) bond motifs is 1. The van der Waals surface area contributed by atoms with Crippen LogP contribution >= 0.6 is 11.6 Å². The molecule has 0 aliphatic carbocycles. The minimum Gasteiger partial charge on any atom is -0.365 e. The molecule has 0 unspecified atom stereocenters. The summed E-state index contributed by atoms with van der Waals surface area (Å²) in [6.45, 7) is 5.86. The maximum absolute atomic E-state index is 11.4. The molecule has 0 saturated carbocycles. The molecule has 6 nitrogen and oxygen atoms in total. The van der Waals surface area contributed by atoms with E-state index in [0.29, 0.717) is 22.2 Å². The van der Waals surface area contributed by atoms with E-state index in [0.717, 1.165) is 5.69 Å². The van der Waals surface area contributed by atoms with Gasteiger partial charge in [-0.2, -0.15) is 5.10 Å². The van der Waals surface area contributed by atoms with Gasteiger partial charge in [0.05, 0.1) is 17.6 Å². The molecular formula is C15H16ClN5O. The van der Waals surface area contributed by atoms with Crippen LogP contribution in [0.3, 0.4) is 0 Å². The Morgan fingerprint density at radius 1 is 1.23 bits per heavy atom. The number of nitrogens with two attached hydrogens (primary N) is 1. The number of aryl methyl sites for hydroxylation is 1. The highest BCUT2D eigenvalue weighted by Gasteiger charge is 2.14. The van der Waals surface area contributed by atoms with Crippen LogP contribution in [0.2, 0.25) is 5.15 Å². The molecule has 1 amide bonds. The zero-order chi connectivity index (χ0) is 16.3. The highest BCUT2D eigenvalue weighted by atomic mass is 35.5. The van der Waals surface area contributed by atoms with E-state index >= 15 is 0 Å². The first-order chi connectivity index (χ1) is 10.6. The van der Waals surface area contributed by atoms with Crippen LogP contribution in [0.25, 0.3) is 17.0 Å². The summed E-state index contributed by atoms with van der Waals surface area (Å²) < 4.78 is 1.56. The smallest absolute Gasteiger partial charge is 0.254 e. The van der Waals surface area contributed by atoms with Gasteiger partial charge in [0.1, 0.15) is 10.7 Å². The summed E-state index contributed by atoms with van der Waals surface area (Å²) in [6, 6.07) is 7.09. The highest BCUT2D eigenvalue weighted by Crippen LogP contribution is 2.20.